The van der Waals surface area contributed by atoms with Gasteiger partial charge in [-0.05, 0) is 6.42 Å². The number of nitrogens with one attached hydrogen (secondary N) is 1. The zero-order valence-corrected chi connectivity index (χ0v) is 5.19. The van der Waals surface area contributed by atoms with Crippen LogP contribution in [0, 0.1) is 0 Å². The van der Waals surface area contributed by atoms with Crippen LogP contribution in [0.4, 0.5) is 0 Å². The largest absolute Gasteiger partial charge is 0.353 e. The van der Waals surface area contributed by atoms with Crippen LogP contribution in [0.1, 0.15) is 6.42 Å². The van der Waals surface area contributed by atoms with Gasteiger partial charge in [-0.1, -0.05) is 0 Å². The van der Waals surface area contributed by atoms with Crippen molar-refractivity contribution >= 4 is 11.6 Å². The number of hydrogen-bond acceptors (Lipinski definition) is 2. The highest BCUT2D eigenvalue weighted by Crippen LogP contribution is 2.29. The van der Waals surface area contributed by atoms with Crippen molar-refractivity contribution in [3.63, 3.8) is 0 Å². The smallest absolute Gasteiger partial charge is 0.135 e. The van der Waals surface area contributed by atoms with Crippen LogP contribution < -0.4 is 5.32 Å². The van der Waals surface area contributed by atoms with Crippen molar-refractivity contribution in [3.8, 4) is 0 Å². The fourth-order valence-electron chi connectivity index (χ4n) is 1.08. The van der Waals surface area contributed by atoms with Crippen molar-refractivity contribution in [2.45, 2.75) is 24.1 Å². The van der Waals surface area contributed by atoms with E-state index in [1.807, 2.05) is 0 Å². The second kappa shape index (κ2) is 1.59. The molecule has 0 aromatic heterocycles. The summed E-state index contributed by atoms with van der Waals surface area (Å²) in [6.45, 7) is 0.905. The highest BCUT2D eigenvalue weighted by Gasteiger charge is 2.43. The fourth-order valence-corrected chi connectivity index (χ4v) is 1.35. The normalized spacial score (nSPS) is 52.9. The minimum Gasteiger partial charge on any atom is -0.353 e. The van der Waals surface area contributed by atoms with Crippen molar-refractivity contribution in [2.24, 2.45) is 0 Å². The summed E-state index contributed by atoms with van der Waals surface area (Å²) in [7, 11) is 0. The molecule has 1 N–H and O–H groups in total. The Bertz CT molecular complexity index is 109. The van der Waals surface area contributed by atoms with E-state index >= 15 is 0 Å². The first-order valence-electron chi connectivity index (χ1n) is 2.89. The van der Waals surface area contributed by atoms with Gasteiger partial charge in [-0.15, -0.1) is 11.6 Å². The third kappa shape index (κ3) is 0.729. The third-order valence-corrected chi connectivity index (χ3v) is 1.94. The Morgan fingerprint density at radius 2 is 2.50 bits per heavy atom. The van der Waals surface area contributed by atoms with E-state index in [0.717, 1.165) is 13.0 Å². The van der Waals surface area contributed by atoms with E-state index in [1.165, 1.54) is 0 Å². The maximum Gasteiger partial charge on any atom is 0.135 e. The molecule has 2 heterocycles. The molecular formula is C5H8ClNO. The average molecular weight is 134 g/mol. The van der Waals surface area contributed by atoms with E-state index < -0.39 is 0 Å². The van der Waals surface area contributed by atoms with Gasteiger partial charge in [-0.2, -0.15) is 0 Å². The molecule has 0 spiro atoms. The Balaban J connectivity index is 1.93. The van der Waals surface area contributed by atoms with Crippen LogP contribution in [0.2, 0.25) is 0 Å². The second-order valence-corrected chi connectivity index (χ2v) is 2.95. The van der Waals surface area contributed by atoms with E-state index in [1.54, 1.807) is 0 Å². The van der Waals surface area contributed by atoms with Crippen molar-refractivity contribution in [3.05, 3.63) is 0 Å². The fraction of sp³-hybridized carbons (Fsp3) is 1.00. The number of hydrogen-bond donors (Lipinski definition) is 1. The summed E-state index contributed by atoms with van der Waals surface area (Å²) >= 11 is 5.80. The molecule has 2 aliphatic heterocycles. The molecule has 3 heteroatoms. The maximum atomic E-state index is 5.80. The van der Waals surface area contributed by atoms with Gasteiger partial charge in [0, 0.05) is 11.9 Å². The van der Waals surface area contributed by atoms with Crippen LogP contribution in [0.3, 0.4) is 0 Å². The Morgan fingerprint density at radius 1 is 1.62 bits per heavy atom. The summed E-state index contributed by atoms with van der Waals surface area (Å²) in [5, 5.41) is 3.44. The number of epoxide rings is 1. The predicted molar refractivity (Wildman–Crippen MR) is 30.9 cm³/mol. The molecule has 8 heavy (non-hydrogen) atoms. The Kier molecular flexibility index (Phi) is 1.00. The molecule has 2 aliphatic rings. The molecule has 0 aromatic rings. The number of fused-ring (bicyclic) bond motifs is 1. The summed E-state index contributed by atoms with van der Waals surface area (Å²) in [5.41, 5.74) is 0. The van der Waals surface area contributed by atoms with Gasteiger partial charge in [0.15, 0.2) is 0 Å². The minimum atomic E-state index is 0.291. The summed E-state index contributed by atoms with van der Waals surface area (Å²) in [4.78, 5) is 0. The molecule has 0 amide bonds. The quantitative estimate of drug-likeness (QED) is 0.380. The summed E-state index contributed by atoms with van der Waals surface area (Å²) in [5.74, 6) is 0. The number of piperidine rings is 1. The number of ether oxygens (including phenoxy) is 1. The zero-order valence-electron chi connectivity index (χ0n) is 4.43. The van der Waals surface area contributed by atoms with Crippen molar-refractivity contribution < 1.29 is 4.74 Å². The minimum absolute atomic E-state index is 0.291. The van der Waals surface area contributed by atoms with Crippen LogP contribution in [-0.2, 0) is 4.74 Å². The molecule has 0 aliphatic carbocycles. The third-order valence-electron chi connectivity index (χ3n) is 1.61. The number of halogens is 1. The lowest BCUT2D eigenvalue weighted by Gasteiger charge is -2.11. The van der Waals surface area contributed by atoms with E-state index in [-0.39, 0.29) is 0 Å². The van der Waals surface area contributed by atoms with Crippen LogP contribution in [0.15, 0.2) is 0 Å². The van der Waals surface area contributed by atoms with Crippen molar-refractivity contribution in [2.75, 3.05) is 6.54 Å². The number of rotatable bonds is 0. The lowest BCUT2D eigenvalue weighted by atomic mass is 10.2. The van der Waals surface area contributed by atoms with Crippen molar-refractivity contribution in [1.82, 2.24) is 5.32 Å². The number of alkyl halides is 1. The van der Waals surface area contributed by atoms with Gasteiger partial charge in [0.2, 0.25) is 0 Å². The Labute approximate surface area is 53.2 Å². The van der Waals surface area contributed by atoms with Crippen LogP contribution >= 0.6 is 11.6 Å². The van der Waals surface area contributed by atoms with Gasteiger partial charge in [0.25, 0.3) is 0 Å². The molecule has 0 radical (unpaired) electrons. The van der Waals surface area contributed by atoms with Gasteiger partial charge in [-0.25, -0.2) is 0 Å². The van der Waals surface area contributed by atoms with Gasteiger partial charge in [0.05, 0.1) is 0 Å². The van der Waals surface area contributed by atoms with E-state index in [0.29, 0.717) is 17.7 Å². The molecule has 3 unspecified atom stereocenters. The second-order valence-electron chi connectivity index (χ2n) is 2.34. The van der Waals surface area contributed by atoms with Gasteiger partial charge in [-0.3, -0.25) is 5.32 Å². The molecule has 0 saturated carbocycles. The van der Waals surface area contributed by atoms with Crippen molar-refractivity contribution in [1.29, 1.82) is 0 Å². The molecule has 2 nitrogen and oxygen atoms in total. The highest BCUT2D eigenvalue weighted by molar-refractivity contribution is 6.20. The molecule has 3 atom stereocenters. The lowest BCUT2D eigenvalue weighted by Crippen LogP contribution is -2.33. The van der Waals surface area contributed by atoms with Crippen LogP contribution in [0.25, 0.3) is 0 Å². The molecule has 0 aromatic carbocycles. The predicted octanol–water partition coefficient (Wildman–Crippen LogP) is 0.312. The molecule has 2 fully saturated rings. The lowest BCUT2D eigenvalue weighted by molar-refractivity contribution is 0.360. The van der Waals surface area contributed by atoms with Crippen LogP contribution in [0.5, 0.6) is 0 Å². The zero-order chi connectivity index (χ0) is 5.56. The van der Waals surface area contributed by atoms with Gasteiger partial charge < -0.3 is 4.74 Å². The standard InChI is InChI=1S/C5H8ClNO/c6-3-1-4-5(8-4)7-2-3/h3-5,7H,1-2H2. The Hall–Kier alpha value is 0.210. The summed E-state index contributed by atoms with van der Waals surface area (Å²) < 4.78 is 5.15. The molecule has 46 valence electrons. The highest BCUT2D eigenvalue weighted by atomic mass is 35.5. The maximum absolute atomic E-state index is 5.80. The topological polar surface area (TPSA) is 24.6 Å². The SMILES string of the molecule is ClC1CNC2OC2C1. The Morgan fingerprint density at radius 3 is 3.12 bits per heavy atom. The first-order valence-corrected chi connectivity index (χ1v) is 3.33. The van der Waals surface area contributed by atoms with E-state index in [9.17, 15) is 0 Å². The molecular weight excluding hydrogens is 126 g/mol. The van der Waals surface area contributed by atoms with Gasteiger partial charge >= 0.3 is 0 Å². The van der Waals surface area contributed by atoms with E-state index in [4.69, 9.17) is 16.3 Å². The molecule has 2 rings (SSSR count). The summed E-state index contributed by atoms with van der Waals surface area (Å²) in [6, 6.07) is 0. The molecule has 2 saturated heterocycles. The first kappa shape index (κ1) is 5.03. The van der Waals surface area contributed by atoms with Crippen LogP contribution in [-0.4, -0.2) is 24.3 Å². The monoisotopic (exact) mass is 133 g/mol. The summed E-state index contributed by atoms with van der Waals surface area (Å²) in [6.07, 6.45) is 1.82. The molecule has 0 bridgehead atoms. The first-order chi connectivity index (χ1) is 3.86. The van der Waals surface area contributed by atoms with E-state index in [2.05, 4.69) is 5.32 Å². The van der Waals surface area contributed by atoms with Gasteiger partial charge in [0.1, 0.15) is 12.3 Å². The average Bonchev–Trinajstić information content (AvgIpc) is 2.43.